The Morgan fingerprint density at radius 2 is 1.81 bits per heavy atom. The third-order valence-corrected chi connectivity index (χ3v) is 4.80. The fourth-order valence-electron chi connectivity index (χ4n) is 2.31. The second-order valence-electron chi connectivity index (χ2n) is 4.51. The molecule has 0 unspecified atom stereocenters. The van der Waals surface area contributed by atoms with Crippen LogP contribution in [0.4, 0.5) is 18.9 Å². The first kappa shape index (κ1) is 14.0. The summed E-state index contributed by atoms with van der Waals surface area (Å²) < 4.78 is 67.3. The lowest BCUT2D eigenvalue weighted by molar-refractivity contribution is -0.0439. The summed E-state index contributed by atoms with van der Waals surface area (Å²) in [6, 6.07) is 9.85. The van der Waals surface area contributed by atoms with Gasteiger partial charge in [0.1, 0.15) is 6.61 Å². The molecule has 3 rings (SSSR count). The first-order valence-corrected chi connectivity index (χ1v) is 7.50. The lowest BCUT2D eigenvalue weighted by Crippen LogP contribution is -2.44. The number of halogens is 3. The molecule has 0 aliphatic carbocycles. The van der Waals surface area contributed by atoms with Crippen molar-refractivity contribution in [2.75, 3.05) is 17.5 Å². The molecule has 1 heterocycles. The van der Waals surface area contributed by atoms with Crippen LogP contribution < -0.4 is 9.04 Å². The van der Waals surface area contributed by atoms with Crippen molar-refractivity contribution < 1.29 is 26.3 Å². The highest BCUT2D eigenvalue weighted by atomic mass is 32.2. The number of nitrogens with zero attached hydrogens (tertiary/aromatic N) is 1. The standard InChI is InChI=1S/C13H10F3NO3S/c14-13(15,16)21(18,19)17-7-8-20-12-10-4-2-1-3-9(10)5-6-11(12)17/h1-6H,7-8H2. The number of hydrogen-bond acceptors (Lipinski definition) is 3. The largest absolute Gasteiger partial charge is 0.516 e. The number of alkyl halides is 3. The molecule has 0 bridgehead atoms. The minimum atomic E-state index is -5.43. The van der Waals surface area contributed by atoms with Crippen LogP contribution in [-0.4, -0.2) is 27.1 Å². The van der Waals surface area contributed by atoms with Crippen LogP contribution in [-0.2, 0) is 10.0 Å². The van der Waals surface area contributed by atoms with Crippen molar-refractivity contribution in [3.8, 4) is 5.75 Å². The molecule has 4 nitrogen and oxygen atoms in total. The number of fused-ring (bicyclic) bond motifs is 3. The van der Waals surface area contributed by atoms with E-state index in [2.05, 4.69) is 0 Å². The number of hydrogen-bond donors (Lipinski definition) is 0. The van der Waals surface area contributed by atoms with Crippen molar-refractivity contribution in [2.24, 2.45) is 0 Å². The number of ether oxygens (including phenoxy) is 1. The van der Waals surface area contributed by atoms with Gasteiger partial charge in [0.15, 0.2) is 5.75 Å². The highest BCUT2D eigenvalue weighted by molar-refractivity contribution is 7.93. The van der Waals surface area contributed by atoms with Gasteiger partial charge in [-0.25, -0.2) is 0 Å². The van der Waals surface area contributed by atoms with E-state index in [1.165, 1.54) is 6.07 Å². The number of rotatable bonds is 1. The van der Waals surface area contributed by atoms with E-state index >= 15 is 0 Å². The lowest BCUT2D eigenvalue weighted by Gasteiger charge is -2.31. The molecule has 0 fully saturated rings. The molecule has 8 heteroatoms. The van der Waals surface area contributed by atoms with E-state index in [9.17, 15) is 21.6 Å². The van der Waals surface area contributed by atoms with Gasteiger partial charge in [0.25, 0.3) is 0 Å². The van der Waals surface area contributed by atoms with E-state index in [4.69, 9.17) is 4.74 Å². The molecule has 0 saturated heterocycles. The van der Waals surface area contributed by atoms with E-state index in [0.717, 1.165) is 5.39 Å². The monoisotopic (exact) mass is 317 g/mol. The van der Waals surface area contributed by atoms with E-state index < -0.39 is 15.5 Å². The SMILES string of the molecule is O=S(=O)(N1CCOc2c1ccc1ccccc21)C(F)(F)F. The highest BCUT2D eigenvalue weighted by Crippen LogP contribution is 2.42. The number of benzene rings is 2. The van der Waals surface area contributed by atoms with Gasteiger partial charge in [-0.15, -0.1) is 0 Å². The minimum Gasteiger partial charge on any atom is -0.489 e. The van der Waals surface area contributed by atoms with Crippen molar-refractivity contribution >= 4 is 26.5 Å². The Morgan fingerprint density at radius 1 is 1.10 bits per heavy atom. The average Bonchev–Trinajstić information content (AvgIpc) is 2.45. The number of anilines is 1. The maximum atomic E-state index is 12.8. The molecule has 1 aliphatic rings. The topological polar surface area (TPSA) is 46.6 Å². The molecule has 0 saturated carbocycles. The van der Waals surface area contributed by atoms with Crippen LogP contribution in [0.2, 0.25) is 0 Å². The summed E-state index contributed by atoms with van der Waals surface area (Å²) in [5.74, 6) is 0.159. The van der Waals surface area contributed by atoms with Crippen molar-refractivity contribution in [3.63, 3.8) is 0 Å². The molecule has 2 aromatic carbocycles. The highest BCUT2D eigenvalue weighted by Gasteiger charge is 2.51. The van der Waals surface area contributed by atoms with E-state index in [1.807, 2.05) is 0 Å². The van der Waals surface area contributed by atoms with Crippen LogP contribution in [0, 0.1) is 0 Å². The summed E-state index contributed by atoms with van der Waals surface area (Å²) >= 11 is 0. The fraction of sp³-hybridized carbons (Fsp3) is 0.231. The first-order chi connectivity index (χ1) is 9.82. The summed E-state index contributed by atoms with van der Waals surface area (Å²) in [5.41, 5.74) is -5.43. The van der Waals surface area contributed by atoms with E-state index in [1.54, 1.807) is 30.3 Å². The molecule has 21 heavy (non-hydrogen) atoms. The Morgan fingerprint density at radius 3 is 2.52 bits per heavy atom. The smallest absolute Gasteiger partial charge is 0.489 e. The summed E-state index contributed by atoms with van der Waals surface area (Å²) in [4.78, 5) is 0. The van der Waals surface area contributed by atoms with Crippen LogP contribution in [0.3, 0.4) is 0 Å². The summed E-state index contributed by atoms with van der Waals surface area (Å²) in [7, 11) is -5.43. The molecular formula is C13H10F3NO3S. The van der Waals surface area contributed by atoms with Gasteiger partial charge in [-0.05, 0) is 11.5 Å². The summed E-state index contributed by atoms with van der Waals surface area (Å²) in [6.45, 7) is -0.497. The molecule has 1 aliphatic heterocycles. The Bertz CT molecular complexity index is 802. The van der Waals surface area contributed by atoms with Crippen molar-refractivity contribution in [1.29, 1.82) is 0 Å². The predicted octanol–water partition coefficient (Wildman–Crippen LogP) is 2.89. The Kier molecular flexibility index (Phi) is 3.01. The van der Waals surface area contributed by atoms with E-state index in [-0.39, 0.29) is 24.6 Å². The minimum absolute atomic E-state index is 0.0859. The van der Waals surface area contributed by atoms with Gasteiger partial charge < -0.3 is 4.74 Å². The van der Waals surface area contributed by atoms with Crippen molar-refractivity contribution in [1.82, 2.24) is 0 Å². The zero-order valence-corrected chi connectivity index (χ0v) is 11.4. The molecule has 0 radical (unpaired) electrons. The molecule has 0 aromatic heterocycles. The first-order valence-electron chi connectivity index (χ1n) is 6.06. The normalized spacial score (nSPS) is 15.7. The van der Waals surface area contributed by atoms with Crippen LogP contribution >= 0.6 is 0 Å². The average molecular weight is 317 g/mol. The molecule has 0 spiro atoms. The maximum Gasteiger partial charge on any atom is 0.516 e. The van der Waals surface area contributed by atoms with Gasteiger partial charge in [0.2, 0.25) is 0 Å². The zero-order valence-electron chi connectivity index (χ0n) is 10.6. The number of sulfonamides is 1. The summed E-state index contributed by atoms with van der Waals surface area (Å²) in [5, 5.41) is 1.35. The summed E-state index contributed by atoms with van der Waals surface area (Å²) in [6.07, 6.45) is 0. The van der Waals surface area contributed by atoms with Crippen LogP contribution in [0.15, 0.2) is 36.4 Å². The maximum absolute atomic E-state index is 12.8. The molecular weight excluding hydrogens is 307 g/mol. The Balaban J connectivity index is 2.22. The van der Waals surface area contributed by atoms with Gasteiger partial charge >= 0.3 is 15.5 Å². The van der Waals surface area contributed by atoms with Crippen molar-refractivity contribution in [3.05, 3.63) is 36.4 Å². The van der Waals surface area contributed by atoms with Gasteiger partial charge in [-0.3, -0.25) is 4.31 Å². The molecule has 2 aromatic rings. The lowest BCUT2D eigenvalue weighted by atomic mass is 10.1. The molecule has 0 atom stereocenters. The zero-order chi connectivity index (χ0) is 15.3. The molecule has 0 amide bonds. The van der Waals surface area contributed by atoms with Crippen LogP contribution in [0.25, 0.3) is 10.8 Å². The molecule has 0 N–H and O–H groups in total. The second-order valence-corrected chi connectivity index (χ2v) is 6.36. The van der Waals surface area contributed by atoms with Gasteiger partial charge in [-0.2, -0.15) is 21.6 Å². The quantitative estimate of drug-likeness (QED) is 0.812. The predicted molar refractivity (Wildman–Crippen MR) is 71.8 cm³/mol. The fourth-order valence-corrected chi connectivity index (χ4v) is 3.27. The van der Waals surface area contributed by atoms with Crippen LogP contribution in [0.5, 0.6) is 5.75 Å². The van der Waals surface area contributed by atoms with Gasteiger partial charge in [0.05, 0.1) is 12.2 Å². The van der Waals surface area contributed by atoms with E-state index in [0.29, 0.717) is 9.69 Å². The van der Waals surface area contributed by atoms with Gasteiger partial charge in [0, 0.05) is 5.39 Å². The third kappa shape index (κ3) is 2.10. The second kappa shape index (κ2) is 4.52. The molecule has 112 valence electrons. The Hall–Kier alpha value is -1.96. The van der Waals surface area contributed by atoms with Crippen molar-refractivity contribution in [2.45, 2.75) is 5.51 Å². The Labute approximate surface area is 118 Å². The van der Waals surface area contributed by atoms with Gasteiger partial charge in [-0.1, -0.05) is 30.3 Å². The van der Waals surface area contributed by atoms with Crippen LogP contribution in [0.1, 0.15) is 0 Å². The third-order valence-electron chi connectivity index (χ3n) is 3.25.